The first-order chi connectivity index (χ1) is 11.3. The minimum absolute atomic E-state index is 0.225. The molecule has 0 spiro atoms. The number of hydrogen-bond donors (Lipinski definition) is 2. The van der Waals surface area contributed by atoms with Crippen LogP contribution in [-0.4, -0.2) is 77.4 Å². The van der Waals surface area contributed by atoms with Gasteiger partial charge in [0.05, 0.1) is 6.61 Å². The van der Waals surface area contributed by atoms with Crippen molar-refractivity contribution >= 4 is 18.0 Å². The highest BCUT2D eigenvalue weighted by Gasteiger charge is 2.48. The maximum atomic E-state index is 11.3. The summed E-state index contributed by atoms with van der Waals surface area (Å²) < 4.78 is 5.20. The Balaban J connectivity index is 0.000000307. The molecule has 0 aromatic carbocycles. The van der Waals surface area contributed by atoms with E-state index in [1.165, 1.54) is 43.7 Å². The van der Waals surface area contributed by atoms with Crippen LogP contribution in [0.2, 0.25) is 0 Å². The molecule has 8 nitrogen and oxygen atoms in total. The van der Waals surface area contributed by atoms with Crippen LogP contribution in [-0.2, 0) is 14.3 Å². The minimum atomic E-state index is -1.26. The Bertz CT molecular complexity index is 463. The predicted octanol–water partition coefficient (Wildman–Crippen LogP) is 1.41. The Morgan fingerprint density at radius 2 is 1.58 bits per heavy atom. The van der Waals surface area contributed by atoms with E-state index in [0.29, 0.717) is 24.3 Å². The maximum Gasteiger partial charge on any atom is 0.409 e. The molecule has 0 aromatic heterocycles. The summed E-state index contributed by atoms with van der Waals surface area (Å²) in [7, 11) is 3.44. The van der Waals surface area contributed by atoms with Gasteiger partial charge < -0.3 is 19.8 Å². The Hall–Kier alpha value is -2.09. The lowest BCUT2D eigenvalue weighted by Gasteiger charge is -2.27. The van der Waals surface area contributed by atoms with E-state index in [0.717, 1.165) is 6.42 Å². The van der Waals surface area contributed by atoms with Crippen LogP contribution in [0.1, 0.15) is 32.1 Å². The van der Waals surface area contributed by atoms with Crippen LogP contribution >= 0.6 is 0 Å². The molecular weight excluding hydrogens is 316 g/mol. The zero-order valence-corrected chi connectivity index (χ0v) is 14.2. The fraction of sp³-hybridized carbons (Fsp3) is 0.688. The highest BCUT2D eigenvalue weighted by Crippen LogP contribution is 2.46. The van der Waals surface area contributed by atoms with Gasteiger partial charge in [0.1, 0.15) is 0 Å². The summed E-state index contributed by atoms with van der Waals surface area (Å²) in [6.45, 7) is 3.04. The summed E-state index contributed by atoms with van der Waals surface area (Å²) in [6, 6.07) is 0. The predicted molar refractivity (Wildman–Crippen MR) is 86.8 cm³/mol. The Morgan fingerprint density at radius 1 is 1.08 bits per heavy atom. The van der Waals surface area contributed by atoms with E-state index in [-0.39, 0.29) is 6.09 Å². The number of nitrogens with zero attached hydrogens (tertiary/aromatic N) is 2. The van der Waals surface area contributed by atoms with E-state index in [1.54, 1.807) is 14.1 Å². The highest BCUT2D eigenvalue weighted by atomic mass is 16.6. The normalized spacial score (nSPS) is 18.6. The van der Waals surface area contributed by atoms with Crippen LogP contribution in [0.15, 0.2) is 12.2 Å². The smallest absolute Gasteiger partial charge is 0.409 e. The van der Waals surface area contributed by atoms with Crippen molar-refractivity contribution in [3.8, 4) is 0 Å². The molecule has 0 bridgehead atoms. The molecule has 0 radical (unpaired) electrons. The van der Waals surface area contributed by atoms with Crippen molar-refractivity contribution in [2.45, 2.75) is 37.6 Å². The molecule has 2 fully saturated rings. The summed E-state index contributed by atoms with van der Waals surface area (Å²) >= 11 is 0. The molecule has 1 aliphatic heterocycles. The molecule has 1 amide bonds. The first-order valence-corrected chi connectivity index (χ1v) is 8.00. The fourth-order valence-electron chi connectivity index (χ4n) is 2.66. The van der Waals surface area contributed by atoms with E-state index in [2.05, 4.69) is 4.90 Å². The van der Waals surface area contributed by atoms with Gasteiger partial charge in [0.2, 0.25) is 0 Å². The molecule has 2 N–H and O–H groups in total. The van der Waals surface area contributed by atoms with Crippen molar-refractivity contribution in [3.63, 3.8) is 0 Å². The van der Waals surface area contributed by atoms with Gasteiger partial charge in [0.15, 0.2) is 0 Å². The van der Waals surface area contributed by atoms with Gasteiger partial charge in [-0.3, -0.25) is 4.90 Å². The average molecular weight is 342 g/mol. The fourth-order valence-corrected chi connectivity index (χ4v) is 2.66. The second kappa shape index (κ2) is 9.27. The highest BCUT2D eigenvalue weighted by molar-refractivity contribution is 5.89. The van der Waals surface area contributed by atoms with Gasteiger partial charge in [0, 0.05) is 38.2 Å². The van der Waals surface area contributed by atoms with E-state index in [9.17, 15) is 14.4 Å². The molecule has 1 heterocycles. The van der Waals surface area contributed by atoms with Crippen LogP contribution in [0, 0.1) is 0 Å². The monoisotopic (exact) mass is 342 g/mol. The molecule has 1 saturated heterocycles. The summed E-state index contributed by atoms with van der Waals surface area (Å²) in [5.41, 5.74) is 0.392. The van der Waals surface area contributed by atoms with Gasteiger partial charge in [0.25, 0.3) is 0 Å². The van der Waals surface area contributed by atoms with E-state index in [4.69, 9.17) is 14.9 Å². The number of rotatable bonds is 6. The summed E-state index contributed by atoms with van der Waals surface area (Å²) in [5, 5.41) is 15.6. The largest absolute Gasteiger partial charge is 0.478 e. The molecule has 8 heteroatoms. The van der Waals surface area contributed by atoms with E-state index < -0.39 is 11.9 Å². The number of carbonyl (C=O) groups excluding carboxylic acids is 1. The van der Waals surface area contributed by atoms with Crippen LogP contribution in [0.4, 0.5) is 4.79 Å². The standard InChI is InChI=1S/C12H22N2O2.C4H4O4/c1-13(2)11(15)16-10-7-12(5-6-12)14-8-3-4-9-14;5-3(6)1-2-4(7)8/h3-10H2,1-2H3;1-2H,(H,5,6)(H,7,8)/b;2-1+. The van der Waals surface area contributed by atoms with Gasteiger partial charge in [-0.1, -0.05) is 0 Å². The topological polar surface area (TPSA) is 107 Å². The number of aliphatic carboxylic acids is 2. The number of likely N-dealkylation sites (tertiary alicyclic amines) is 1. The molecule has 2 rings (SSSR count). The third kappa shape index (κ3) is 6.99. The number of ether oxygens (including phenoxy) is 1. The lowest BCUT2D eigenvalue weighted by Crippen LogP contribution is -2.36. The quantitative estimate of drug-likeness (QED) is 0.703. The van der Waals surface area contributed by atoms with Gasteiger partial charge in [-0.25, -0.2) is 14.4 Å². The van der Waals surface area contributed by atoms with E-state index >= 15 is 0 Å². The summed E-state index contributed by atoms with van der Waals surface area (Å²) in [6.07, 6.45) is 7.13. The molecule has 2 aliphatic rings. The first-order valence-electron chi connectivity index (χ1n) is 8.00. The first kappa shape index (κ1) is 20.0. The van der Waals surface area contributed by atoms with Gasteiger partial charge in [-0.15, -0.1) is 0 Å². The summed E-state index contributed by atoms with van der Waals surface area (Å²) in [4.78, 5) is 34.4. The van der Waals surface area contributed by atoms with Crippen molar-refractivity contribution in [1.82, 2.24) is 9.80 Å². The zero-order chi connectivity index (χ0) is 18.2. The minimum Gasteiger partial charge on any atom is -0.478 e. The Labute approximate surface area is 141 Å². The molecule has 0 atom stereocenters. The zero-order valence-electron chi connectivity index (χ0n) is 14.2. The number of hydrogen-bond acceptors (Lipinski definition) is 5. The number of amides is 1. The molecular formula is C16H26N2O6. The van der Waals surface area contributed by atoms with Gasteiger partial charge in [-0.05, 0) is 38.8 Å². The van der Waals surface area contributed by atoms with E-state index in [1.807, 2.05) is 0 Å². The number of carbonyl (C=O) groups is 3. The van der Waals surface area contributed by atoms with Crippen molar-refractivity contribution in [2.75, 3.05) is 33.8 Å². The van der Waals surface area contributed by atoms with Gasteiger partial charge >= 0.3 is 18.0 Å². The Kier molecular flexibility index (Phi) is 7.70. The van der Waals surface area contributed by atoms with Crippen molar-refractivity contribution in [3.05, 3.63) is 12.2 Å². The molecule has 1 saturated carbocycles. The molecule has 0 aromatic rings. The van der Waals surface area contributed by atoms with Crippen LogP contribution in [0.5, 0.6) is 0 Å². The van der Waals surface area contributed by atoms with Gasteiger partial charge in [-0.2, -0.15) is 0 Å². The van der Waals surface area contributed by atoms with Crippen LogP contribution in [0.3, 0.4) is 0 Å². The van der Waals surface area contributed by atoms with Crippen molar-refractivity contribution in [2.24, 2.45) is 0 Å². The second-order valence-electron chi connectivity index (χ2n) is 6.19. The molecule has 0 unspecified atom stereocenters. The van der Waals surface area contributed by atoms with Crippen molar-refractivity contribution < 1.29 is 29.3 Å². The average Bonchev–Trinajstić information content (AvgIpc) is 3.08. The lowest BCUT2D eigenvalue weighted by molar-refractivity contribution is -0.134. The lowest BCUT2D eigenvalue weighted by atomic mass is 10.1. The maximum absolute atomic E-state index is 11.3. The molecule has 136 valence electrons. The number of carboxylic acid groups (broad SMARTS) is 2. The summed E-state index contributed by atoms with van der Waals surface area (Å²) in [5.74, 6) is -2.51. The number of carboxylic acids is 2. The molecule has 1 aliphatic carbocycles. The third-order valence-corrected chi connectivity index (χ3v) is 4.13. The Morgan fingerprint density at radius 3 is 1.96 bits per heavy atom. The second-order valence-corrected chi connectivity index (χ2v) is 6.19. The molecule has 24 heavy (non-hydrogen) atoms. The SMILES string of the molecule is CN(C)C(=O)OCCC1(N2CCCC2)CC1.O=C(O)/C=C/C(=O)O. The third-order valence-electron chi connectivity index (χ3n) is 4.13. The van der Waals surface area contributed by atoms with Crippen LogP contribution < -0.4 is 0 Å². The van der Waals surface area contributed by atoms with Crippen molar-refractivity contribution in [1.29, 1.82) is 0 Å². The van der Waals surface area contributed by atoms with Crippen LogP contribution in [0.25, 0.3) is 0 Å².